The standard InChI is InChI=1S/C19H27F4N5O.HI/c1-14(19(21,22)23)27-8-10-28(11-9-27)18(24-2)26-7-6-25-17(29)13-15-4-3-5-16(20)12-15;/h3-5,12,14H,6-11,13H2,1-2H3,(H,24,26)(H,25,29);1H. The summed E-state index contributed by atoms with van der Waals surface area (Å²) in [7, 11) is 1.61. The number of carbonyl (C=O) groups excluding carboxylic acids is 1. The predicted molar refractivity (Wildman–Crippen MR) is 119 cm³/mol. The maximum atomic E-state index is 13.1. The molecular weight excluding hydrogens is 517 g/mol. The fourth-order valence-corrected chi connectivity index (χ4v) is 3.13. The van der Waals surface area contributed by atoms with Crippen LogP contribution in [0.5, 0.6) is 0 Å². The maximum absolute atomic E-state index is 13.1. The Bertz CT molecular complexity index is 708. The van der Waals surface area contributed by atoms with Crippen LogP contribution in [0.4, 0.5) is 17.6 Å². The zero-order chi connectivity index (χ0) is 21.4. The number of rotatable bonds is 6. The summed E-state index contributed by atoms with van der Waals surface area (Å²) in [4.78, 5) is 19.4. The Hall–Kier alpha value is -1.63. The topological polar surface area (TPSA) is 60.0 Å². The van der Waals surface area contributed by atoms with Crippen LogP contribution in [0.3, 0.4) is 0 Å². The Morgan fingerprint density at radius 1 is 1.17 bits per heavy atom. The van der Waals surface area contributed by atoms with Crippen molar-refractivity contribution >= 4 is 35.8 Å². The molecule has 11 heteroatoms. The smallest absolute Gasteiger partial charge is 0.354 e. The lowest BCUT2D eigenvalue weighted by Gasteiger charge is -2.39. The zero-order valence-electron chi connectivity index (χ0n) is 17.0. The van der Waals surface area contributed by atoms with Gasteiger partial charge in [-0.05, 0) is 24.6 Å². The highest BCUT2D eigenvalue weighted by atomic mass is 127. The van der Waals surface area contributed by atoms with E-state index in [0.717, 1.165) is 0 Å². The van der Waals surface area contributed by atoms with Gasteiger partial charge in [-0.3, -0.25) is 14.7 Å². The van der Waals surface area contributed by atoms with Crippen molar-refractivity contribution in [2.45, 2.75) is 25.6 Å². The van der Waals surface area contributed by atoms with Gasteiger partial charge in [-0.25, -0.2) is 4.39 Å². The number of hydrogen-bond acceptors (Lipinski definition) is 3. The first kappa shape index (κ1) is 26.4. The summed E-state index contributed by atoms with van der Waals surface area (Å²) in [5, 5.41) is 5.84. The summed E-state index contributed by atoms with van der Waals surface area (Å²) in [6, 6.07) is 4.41. The lowest BCUT2D eigenvalue weighted by molar-refractivity contribution is -0.181. The zero-order valence-corrected chi connectivity index (χ0v) is 19.3. The molecule has 0 aromatic heterocycles. The fourth-order valence-electron chi connectivity index (χ4n) is 3.13. The van der Waals surface area contributed by atoms with Crippen LogP contribution in [0.1, 0.15) is 12.5 Å². The molecule has 1 aliphatic heterocycles. The Balaban J connectivity index is 0.00000450. The van der Waals surface area contributed by atoms with Gasteiger partial charge >= 0.3 is 6.18 Å². The number of nitrogens with one attached hydrogen (secondary N) is 2. The molecule has 1 saturated heterocycles. The highest BCUT2D eigenvalue weighted by molar-refractivity contribution is 14.0. The summed E-state index contributed by atoms with van der Waals surface area (Å²) in [6.07, 6.45) is -4.14. The number of nitrogens with zero attached hydrogens (tertiary/aromatic N) is 3. The van der Waals surface area contributed by atoms with Crippen LogP contribution < -0.4 is 10.6 Å². The number of aliphatic imine (C=N–C) groups is 1. The minimum absolute atomic E-state index is 0. The van der Waals surface area contributed by atoms with Gasteiger partial charge in [-0.15, -0.1) is 24.0 Å². The third kappa shape index (κ3) is 8.25. The lowest BCUT2D eigenvalue weighted by atomic mass is 10.1. The van der Waals surface area contributed by atoms with E-state index in [1.165, 1.54) is 24.0 Å². The van der Waals surface area contributed by atoms with E-state index in [1.54, 1.807) is 19.2 Å². The number of halogens is 5. The molecule has 0 saturated carbocycles. The molecule has 0 bridgehead atoms. The van der Waals surface area contributed by atoms with E-state index < -0.39 is 12.2 Å². The minimum atomic E-state index is -4.23. The van der Waals surface area contributed by atoms with Crippen LogP contribution in [-0.2, 0) is 11.2 Å². The van der Waals surface area contributed by atoms with Gasteiger partial charge in [0.25, 0.3) is 0 Å². The molecular formula is C19H28F4IN5O. The summed E-state index contributed by atoms with van der Waals surface area (Å²) < 4.78 is 51.7. The van der Waals surface area contributed by atoms with Gasteiger partial charge in [0.15, 0.2) is 5.96 Å². The SMILES string of the molecule is CN=C(NCCNC(=O)Cc1cccc(F)c1)N1CCN(C(C)C(F)(F)F)CC1.I. The highest BCUT2D eigenvalue weighted by Gasteiger charge is 2.41. The number of amides is 1. The normalized spacial score (nSPS) is 16.6. The average molecular weight is 545 g/mol. The summed E-state index contributed by atoms with van der Waals surface area (Å²) >= 11 is 0. The summed E-state index contributed by atoms with van der Waals surface area (Å²) in [5.74, 6) is -0.0173. The third-order valence-corrected chi connectivity index (χ3v) is 4.83. The number of carbonyl (C=O) groups is 1. The van der Waals surface area contributed by atoms with Crippen molar-refractivity contribution in [2.75, 3.05) is 46.3 Å². The molecule has 0 aliphatic carbocycles. The molecule has 1 fully saturated rings. The Morgan fingerprint density at radius 3 is 2.37 bits per heavy atom. The van der Waals surface area contributed by atoms with Gasteiger partial charge in [0.05, 0.1) is 6.42 Å². The molecule has 2 N–H and O–H groups in total. The molecule has 1 aromatic rings. The number of piperazine rings is 1. The van der Waals surface area contributed by atoms with Gasteiger partial charge in [0, 0.05) is 46.3 Å². The van der Waals surface area contributed by atoms with Gasteiger partial charge in [-0.1, -0.05) is 12.1 Å². The second kappa shape index (κ2) is 12.3. The first-order chi connectivity index (χ1) is 13.7. The van der Waals surface area contributed by atoms with E-state index >= 15 is 0 Å². The molecule has 170 valence electrons. The van der Waals surface area contributed by atoms with Crippen LogP contribution in [0, 0.1) is 5.82 Å². The largest absolute Gasteiger partial charge is 0.403 e. The molecule has 2 rings (SSSR count). The molecule has 0 spiro atoms. The van der Waals surface area contributed by atoms with Gasteiger partial charge in [0.2, 0.25) is 5.91 Å². The quantitative estimate of drug-likeness (QED) is 0.190. The molecule has 30 heavy (non-hydrogen) atoms. The maximum Gasteiger partial charge on any atom is 0.403 e. The molecule has 1 heterocycles. The van der Waals surface area contributed by atoms with E-state index in [4.69, 9.17) is 0 Å². The van der Waals surface area contributed by atoms with Gasteiger partial charge < -0.3 is 15.5 Å². The average Bonchev–Trinajstić information content (AvgIpc) is 2.67. The number of guanidine groups is 1. The second-order valence-electron chi connectivity index (χ2n) is 6.87. The molecule has 1 unspecified atom stereocenters. The summed E-state index contributed by atoms with van der Waals surface area (Å²) in [5.41, 5.74) is 0.595. The first-order valence-electron chi connectivity index (χ1n) is 9.48. The van der Waals surface area contributed by atoms with E-state index in [-0.39, 0.29) is 42.1 Å². The first-order valence-corrected chi connectivity index (χ1v) is 9.48. The van der Waals surface area contributed by atoms with E-state index in [1.807, 2.05) is 4.90 Å². The number of hydrogen-bond donors (Lipinski definition) is 2. The van der Waals surface area contributed by atoms with Crippen molar-refractivity contribution in [1.82, 2.24) is 20.4 Å². The third-order valence-electron chi connectivity index (χ3n) is 4.83. The van der Waals surface area contributed by atoms with E-state index in [0.29, 0.717) is 50.8 Å². The van der Waals surface area contributed by atoms with Crippen LogP contribution in [0.2, 0.25) is 0 Å². The molecule has 1 aromatic carbocycles. The molecule has 0 radical (unpaired) electrons. The van der Waals surface area contributed by atoms with Crippen molar-refractivity contribution < 1.29 is 22.4 Å². The van der Waals surface area contributed by atoms with Crippen molar-refractivity contribution in [1.29, 1.82) is 0 Å². The van der Waals surface area contributed by atoms with Gasteiger partial charge in [-0.2, -0.15) is 13.2 Å². The number of alkyl halides is 3. The van der Waals surface area contributed by atoms with Crippen LogP contribution >= 0.6 is 24.0 Å². The molecule has 1 aliphatic rings. The van der Waals surface area contributed by atoms with E-state index in [9.17, 15) is 22.4 Å². The highest BCUT2D eigenvalue weighted by Crippen LogP contribution is 2.25. The van der Waals surface area contributed by atoms with Crippen LogP contribution in [0.15, 0.2) is 29.3 Å². The number of benzene rings is 1. The van der Waals surface area contributed by atoms with E-state index in [2.05, 4.69) is 15.6 Å². The monoisotopic (exact) mass is 545 g/mol. The predicted octanol–water partition coefficient (Wildman–Crippen LogP) is 2.25. The van der Waals surface area contributed by atoms with Crippen LogP contribution in [-0.4, -0.2) is 80.2 Å². The second-order valence-corrected chi connectivity index (χ2v) is 6.87. The minimum Gasteiger partial charge on any atom is -0.354 e. The van der Waals surface area contributed by atoms with Gasteiger partial charge in [0.1, 0.15) is 11.9 Å². The Kier molecular flexibility index (Phi) is 10.8. The molecule has 6 nitrogen and oxygen atoms in total. The van der Waals surface area contributed by atoms with Crippen LogP contribution in [0.25, 0.3) is 0 Å². The lowest BCUT2D eigenvalue weighted by Crippen LogP contribution is -2.57. The molecule has 1 amide bonds. The van der Waals surface area contributed by atoms with Crippen molar-refractivity contribution in [3.8, 4) is 0 Å². The van der Waals surface area contributed by atoms with Crippen molar-refractivity contribution in [3.63, 3.8) is 0 Å². The van der Waals surface area contributed by atoms with Crippen molar-refractivity contribution in [3.05, 3.63) is 35.6 Å². The molecule has 1 atom stereocenters. The summed E-state index contributed by atoms with van der Waals surface area (Å²) in [6.45, 7) is 3.41. The Morgan fingerprint density at radius 2 is 1.80 bits per heavy atom. The Labute approximate surface area is 191 Å². The fraction of sp³-hybridized carbons (Fsp3) is 0.579. The van der Waals surface area contributed by atoms with Crippen molar-refractivity contribution in [2.24, 2.45) is 4.99 Å².